The lowest BCUT2D eigenvalue weighted by molar-refractivity contribution is 0.119. The van der Waals surface area contributed by atoms with Gasteiger partial charge in [-0.05, 0) is 67.3 Å². The van der Waals surface area contributed by atoms with Gasteiger partial charge in [0.2, 0.25) is 0 Å². The molecule has 5 nitrogen and oxygen atoms in total. The fourth-order valence-electron chi connectivity index (χ4n) is 2.96. The summed E-state index contributed by atoms with van der Waals surface area (Å²) in [6, 6.07) is 13.8. The first-order valence-corrected chi connectivity index (χ1v) is 9.80. The number of thiazole rings is 1. The third kappa shape index (κ3) is 4.35. The Labute approximate surface area is 162 Å². The highest BCUT2D eigenvalue weighted by atomic mass is 32.1. The minimum atomic E-state index is -0.239. The molecule has 0 bridgehead atoms. The first-order chi connectivity index (χ1) is 13.2. The number of carbonyl (C=O) groups is 1. The first-order valence-electron chi connectivity index (χ1n) is 8.98. The second-order valence-corrected chi connectivity index (χ2v) is 7.61. The van der Waals surface area contributed by atoms with Gasteiger partial charge in [-0.15, -0.1) is 11.3 Å². The molecule has 4 rings (SSSR count). The summed E-state index contributed by atoms with van der Waals surface area (Å²) in [5.74, 6) is 0. The molecule has 1 saturated heterocycles. The van der Waals surface area contributed by atoms with Crippen molar-refractivity contribution in [2.24, 2.45) is 0 Å². The Hall–Kier alpha value is -2.70. The molecule has 0 aliphatic carbocycles. The van der Waals surface area contributed by atoms with Crippen LogP contribution in [0.5, 0.6) is 0 Å². The maximum atomic E-state index is 12.1. The zero-order valence-electron chi connectivity index (χ0n) is 15.1. The van der Waals surface area contributed by atoms with Crippen molar-refractivity contribution in [2.45, 2.75) is 19.8 Å². The number of aryl methyl sites for hydroxylation is 1. The molecule has 138 valence electrons. The van der Waals surface area contributed by atoms with E-state index < -0.39 is 0 Å². The third-order valence-electron chi connectivity index (χ3n) is 4.48. The van der Waals surface area contributed by atoms with Crippen LogP contribution in [0.2, 0.25) is 0 Å². The second kappa shape index (κ2) is 7.90. The molecule has 0 saturated carbocycles. The summed E-state index contributed by atoms with van der Waals surface area (Å²) < 4.78 is 6.49. The van der Waals surface area contributed by atoms with E-state index in [4.69, 9.17) is 9.72 Å². The molecule has 3 aromatic rings. The van der Waals surface area contributed by atoms with Crippen molar-refractivity contribution in [2.75, 3.05) is 18.5 Å². The number of nitrogens with one attached hydrogen (secondary N) is 2. The number of benzene rings is 2. The zero-order chi connectivity index (χ0) is 18.6. The average Bonchev–Trinajstić information content (AvgIpc) is 3.11. The Balaban J connectivity index is 1.41. The molecule has 1 fully saturated rings. The highest BCUT2D eigenvalue weighted by Gasteiger charge is 2.08. The van der Waals surface area contributed by atoms with Crippen LogP contribution in [0.15, 0.2) is 54.2 Å². The molecule has 0 atom stereocenters. The van der Waals surface area contributed by atoms with Crippen molar-refractivity contribution >= 4 is 33.3 Å². The van der Waals surface area contributed by atoms with Gasteiger partial charge in [-0.3, -0.25) is 0 Å². The number of amides is 2. The number of carbonyl (C=O) groups excluding carboxylic acids is 1. The van der Waals surface area contributed by atoms with E-state index in [0.29, 0.717) is 0 Å². The maximum absolute atomic E-state index is 12.1. The van der Waals surface area contributed by atoms with Crippen LogP contribution in [0, 0.1) is 6.92 Å². The molecule has 0 unspecified atom stereocenters. The van der Waals surface area contributed by atoms with E-state index in [9.17, 15) is 4.79 Å². The molecule has 2 heterocycles. The summed E-state index contributed by atoms with van der Waals surface area (Å²) in [5, 5.41) is 6.63. The fourth-order valence-corrected chi connectivity index (χ4v) is 4.03. The predicted octanol–water partition coefficient (Wildman–Crippen LogP) is 5.09. The smallest absolute Gasteiger partial charge is 0.323 e. The second-order valence-electron chi connectivity index (χ2n) is 6.58. The molecule has 1 aliphatic heterocycles. The van der Waals surface area contributed by atoms with E-state index in [1.165, 1.54) is 15.8 Å². The van der Waals surface area contributed by atoms with E-state index in [-0.39, 0.29) is 6.03 Å². The largest absolute Gasteiger partial charge is 0.381 e. The van der Waals surface area contributed by atoms with Crippen LogP contribution >= 0.6 is 11.3 Å². The number of ether oxygens (including phenoxy) is 1. The lowest BCUT2D eigenvalue weighted by Gasteiger charge is -2.14. The average molecular weight is 379 g/mol. The van der Waals surface area contributed by atoms with Gasteiger partial charge in [0.1, 0.15) is 5.01 Å². The topological polar surface area (TPSA) is 63.2 Å². The van der Waals surface area contributed by atoms with Crippen molar-refractivity contribution < 1.29 is 9.53 Å². The van der Waals surface area contributed by atoms with Gasteiger partial charge < -0.3 is 15.4 Å². The van der Waals surface area contributed by atoms with E-state index in [1.807, 2.05) is 24.3 Å². The van der Waals surface area contributed by atoms with Gasteiger partial charge in [-0.1, -0.05) is 6.07 Å². The summed E-state index contributed by atoms with van der Waals surface area (Å²) in [7, 11) is 0. The van der Waals surface area contributed by atoms with Gasteiger partial charge in [0.05, 0.1) is 23.4 Å². The first kappa shape index (κ1) is 17.7. The maximum Gasteiger partial charge on any atom is 0.323 e. The Kier molecular flexibility index (Phi) is 5.18. The number of fused-ring (bicyclic) bond motifs is 1. The Morgan fingerprint density at radius 3 is 2.70 bits per heavy atom. The van der Waals surface area contributed by atoms with Gasteiger partial charge in [0.15, 0.2) is 0 Å². The van der Waals surface area contributed by atoms with Crippen molar-refractivity contribution in [3.63, 3.8) is 0 Å². The lowest BCUT2D eigenvalue weighted by Crippen LogP contribution is -2.25. The van der Waals surface area contributed by atoms with E-state index in [2.05, 4.69) is 35.8 Å². The number of hydrogen-bond acceptors (Lipinski definition) is 4. The predicted molar refractivity (Wildman–Crippen MR) is 110 cm³/mol. The van der Waals surface area contributed by atoms with Crippen LogP contribution in [0.25, 0.3) is 20.8 Å². The van der Waals surface area contributed by atoms with Gasteiger partial charge in [0.25, 0.3) is 0 Å². The van der Waals surface area contributed by atoms with E-state index in [1.54, 1.807) is 17.5 Å². The van der Waals surface area contributed by atoms with Crippen molar-refractivity contribution in [1.29, 1.82) is 0 Å². The molecular weight excluding hydrogens is 358 g/mol. The minimum Gasteiger partial charge on any atom is -0.381 e. The molecule has 0 radical (unpaired) electrons. The summed E-state index contributed by atoms with van der Waals surface area (Å²) in [4.78, 5) is 16.7. The third-order valence-corrected chi connectivity index (χ3v) is 5.54. The highest BCUT2D eigenvalue weighted by Crippen LogP contribution is 2.31. The van der Waals surface area contributed by atoms with Gasteiger partial charge in [-0.2, -0.15) is 0 Å². The fraction of sp³-hybridized carbons (Fsp3) is 0.238. The summed E-state index contributed by atoms with van der Waals surface area (Å²) in [6.45, 7) is 3.53. The van der Waals surface area contributed by atoms with Gasteiger partial charge >= 0.3 is 6.03 Å². The normalized spacial score (nSPS) is 14.2. The van der Waals surface area contributed by atoms with Crippen LogP contribution in [0.4, 0.5) is 10.5 Å². The number of nitrogens with zero attached hydrogens (tertiary/aromatic N) is 1. The van der Waals surface area contributed by atoms with Crippen molar-refractivity contribution in [3.05, 3.63) is 59.8 Å². The Morgan fingerprint density at radius 2 is 1.93 bits per heavy atom. The van der Waals surface area contributed by atoms with Gasteiger partial charge in [-0.25, -0.2) is 9.78 Å². The number of urea groups is 1. The molecular formula is C21H21N3O2S. The molecule has 2 N–H and O–H groups in total. The van der Waals surface area contributed by atoms with Gasteiger partial charge in [0, 0.05) is 17.5 Å². The summed E-state index contributed by atoms with van der Waals surface area (Å²) in [6.07, 6.45) is 3.53. The van der Waals surface area contributed by atoms with Crippen molar-refractivity contribution in [1.82, 2.24) is 10.3 Å². The highest BCUT2D eigenvalue weighted by molar-refractivity contribution is 7.21. The molecule has 1 aromatic heterocycles. The molecule has 2 aromatic carbocycles. The van der Waals surface area contributed by atoms with Crippen molar-refractivity contribution in [3.8, 4) is 10.6 Å². The van der Waals surface area contributed by atoms with E-state index >= 15 is 0 Å². The monoisotopic (exact) mass is 379 g/mol. The number of anilines is 1. The number of hydrogen-bond donors (Lipinski definition) is 2. The summed E-state index contributed by atoms with van der Waals surface area (Å²) in [5.41, 5.74) is 5.25. The molecule has 1 aliphatic rings. The van der Waals surface area contributed by atoms with Crippen LogP contribution < -0.4 is 10.6 Å². The molecule has 6 heteroatoms. The number of aromatic nitrogens is 1. The quantitative estimate of drug-likeness (QED) is 0.666. The van der Waals surface area contributed by atoms with E-state index in [0.717, 1.165) is 47.8 Å². The standard InChI is InChI=1S/C21H21N3O2S/c1-14-2-7-18-19(12-14)27-20(24-18)16-3-5-17(6-4-16)23-21(25)22-13-15-8-10-26-11-9-15/h2-7,12-13H,8-11H2,1H3,(H2,22,23,25). The van der Waals surface area contributed by atoms with Crippen LogP contribution in [-0.2, 0) is 4.74 Å². The molecule has 2 amide bonds. The Morgan fingerprint density at radius 1 is 1.15 bits per heavy atom. The van der Waals surface area contributed by atoms with Crippen LogP contribution in [0.3, 0.4) is 0 Å². The van der Waals surface area contributed by atoms with Crippen LogP contribution in [-0.4, -0.2) is 24.2 Å². The minimum absolute atomic E-state index is 0.239. The lowest BCUT2D eigenvalue weighted by atomic mass is 10.1. The molecule has 0 spiro atoms. The SMILES string of the molecule is Cc1ccc2nc(-c3ccc(NC(=O)NC=C4CCOCC4)cc3)sc2c1. The summed E-state index contributed by atoms with van der Waals surface area (Å²) >= 11 is 1.68. The zero-order valence-corrected chi connectivity index (χ0v) is 15.9. The van der Waals surface area contributed by atoms with Crippen LogP contribution in [0.1, 0.15) is 18.4 Å². The molecule has 27 heavy (non-hydrogen) atoms. The Bertz CT molecular complexity index is 984. The number of rotatable bonds is 3.